The van der Waals surface area contributed by atoms with Gasteiger partial charge < -0.3 is 19.1 Å². The minimum absolute atomic E-state index is 0. The van der Waals surface area contributed by atoms with E-state index in [0.29, 0.717) is 29.2 Å². The lowest BCUT2D eigenvalue weighted by atomic mass is 10.1. The molecule has 0 radical (unpaired) electrons. The van der Waals surface area contributed by atoms with Gasteiger partial charge in [0.2, 0.25) is 5.75 Å². The number of hydrogen-bond acceptors (Lipinski definition) is 6. The standard InChI is InChI=1S/C23H30N2O4.2ClH/c1-27-21-15-19(16-22(28-2)23(21)29-3)20(26)9-10-24-11-13-25(14-12-24)17-18-7-5-4-6-8-18;;/h4-8,15-16H,9-14,17H2,1-3H3;2*1H. The van der Waals surface area contributed by atoms with E-state index in [1.807, 2.05) is 6.07 Å². The molecule has 172 valence electrons. The molecule has 0 unspecified atom stereocenters. The van der Waals surface area contributed by atoms with E-state index in [2.05, 4.69) is 34.1 Å². The molecule has 31 heavy (non-hydrogen) atoms. The van der Waals surface area contributed by atoms with E-state index in [1.165, 1.54) is 5.56 Å². The van der Waals surface area contributed by atoms with Gasteiger partial charge in [0.1, 0.15) is 0 Å². The quantitative estimate of drug-likeness (QED) is 0.517. The van der Waals surface area contributed by atoms with Crippen LogP contribution in [0.3, 0.4) is 0 Å². The Bertz CT molecular complexity index is 787. The highest BCUT2D eigenvalue weighted by molar-refractivity contribution is 5.97. The molecule has 0 N–H and O–H groups in total. The molecule has 1 heterocycles. The van der Waals surface area contributed by atoms with Crippen LogP contribution in [0, 0.1) is 0 Å². The topological polar surface area (TPSA) is 51.2 Å². The number of halogens is 2. The number of methoxy groups -OCH3 is 3. The van der Waals surface area contributed by atoms with E-state index >= 15 is 0 Å². The second-order valence-electron chi connectivity index (χ2n) is 7.19. The van der Waals surface area contributed by atoms with Gasteiger partial charge in [-0.3, -0.25) is 9.69 Å². The number of carbonyl (C=O) groups is 1. The summed E-state index contributed by atoms with van der Waals surface area (Å²) in [6, 6.07) is 14.0. The molecule has 3 rings (SSSR count). The van der Waals surface area contributed by atoms with E-state index in [-0.39, 0.29) is 30.6 Å². The summed E-state index contributed by atoms with van der Waals surface area (Å²) in [5.74, 6) is 1.59. The number of ether oxygens (including phenoxy) is 3. The van der Waals surface area contributed by atoms with Crippen molar-refractivity contribution >= 4 is 30.6 Å². The van der Waals surface area contributed by atoms with Crippen molar-refractivity contribution in [1.29, 1.82) is 0 Å². The first-order valence-corrected chi connectivity index (χ1v) is 9.96. The number of piperazine rings is 1. The summed E-state index contributed by atoms with van der Waals surface area (Å²) >= 11 is 0. The Balaban J connectivity index is 0.00000240. The van der Waals surface area contributed by atoms with Crippen molar-refractivity contribution < 1.29 is 19.0 Å². The van der Waals surface area contributed by atoms with Crippen LogP contribution >= 0.6 is 24.8 Å². The summed E-state index contributed by atoms with van der Waals surface area (Å²) in [7, 11) is 4.67. The smallest absolute Gasteiger partial charge is 0.203 e. The molecule has 1 aliphatic rings. The predicted molar refractivity (Wildman–Crippen MR) is 128 cm³/mol. The van der Waals surface area contributed by atoms with E-state index in [0.717, 1.165) is 39.3 Å². The lowest BCUT2D eigenvalue weighted by molar-refractivity contribution is 0.0922. The lowest BCUT2D eigenvalue weighted by Gasteiger charge is -2.34. The van der Waals surface area contributed by atoms with Gasteiger partial charge in [-0.2, -0.15) is 0 Å². The fraction of sp³-hybridized carbons (Fsp3) is 0.435. The first-order chi connectivity index (χ1) is 14.1. The van der Waals surface area contributed by atoms with E-state index in [1.54, 1.807) is 33.5 Å². The average Bonchev–Trinajstić information content (AvgIpc) is 2.78. The Morgan fingerprint density at radius 3 is 1.90 bits per heavy atom. The SMILES string of the molecule is COc1cc(C(=O)CCN2CCN(Cc3ccccc3)CC2)cc(OC)c1OC.Cl.Cl. The van der Waals surface area contributed by atoms with Crippen molar-refractivity contribution in [1.82, 2.24) is 9.80 Å². The molecule has 1 aliphatic heterocycles. The maximum atomic E-state index is 12.7. The molecule has 6 nitrogen and oxygen atoms in total. The number of hydrogen-bond donors (Lipinski definition) is 0. The van der Waals surface area contributed by atoms with Crippen LogP contribution in [0.2, 0.25) is 0 Å². The number of carbonyl (C=O) groups excluding carboxylic acids is 1. The molecular weight excluding hydrogens is 439 g/mol. The maximum Gasteiger partial charge on any atom is 0.203 e. The summed E-state index contributed by atoms with van der Waals surface area (Å²) in [6.07, 6.45) is 0.470. The van der Waals surface area contributed by atoms with Crippen LogP contribution in [0.4, 0.5) is 0 Å². The van der Waals surface area contributed by atoms with E-state index in [9.17, 15) is 4.79 Å². The fourth-order valence-corrected chi connectivity index (χ4v) is 3.66. The third-order valence-electron chi connectivity index (χ3n) is 5.36. The van der Waals surface area contributed by atoms with Crippen molar-refractivity contribution in [2.75, 3.05) is 54.1 Å². The number of ketones is 1. The molecule has 0 amide bonds. The van der Waals surface area contributed by atoms with Gasteiger partial charge in [0.25, 0.3) is 0 Å². The van der Waals surface area contributed by atoms with Crippen LogP contribution in [0.5, 0.6) is 17.2 Å². The first kappa shape index (κ1) is 27.0. The monoisotopic (exact) mass is 470 g/mol. The summed E-state index contributed by atoms with van der Waals surface area (Å²) < 4.78 is 16.0. The van der Waals surface area contributed by atoms with Gasteiger partial charge in [0.15, 0.2) is 17.3 Å². The molecule has 1 fully saturated rings. The van der Waals surface area contributed by atoms with Gasteiger partial charge in [-0.1, -0.05) is 30.3 Å². The predicted octanol–water partition coefficient (Wildman–Crippen LogP) is 3.95. The largest absolute Gasteiger partial charge is 0.493 e. The second-order valence-corrected chi connectivity index (χ2v) is 7.19. The van der Waals surface area contributed by atoms with Crippen LogP contribution in [0.1, 0.15) is 22.3 Å². The van der Waals surface area contributed by atoms with Crippen molar-refractivity contribution in [3.05, 3.63) is 53.6 Å². The zero-order valence-corrected chi connectivity index (χ0v) is 20.0. The molecule has 0 atom stereocenters. The molecular formula is C23H32Cl2N2O4. The highest BCUT2D eigenvalue weighted by Crippen LogP contribution is 2.38. The Kier molecular flexibility index (Phi) is 11.7. The summed E-state index contributed by atoms with van der Waals surface area (Å²) in [5.41, 5.74) is 1.93. The van der Waals surface area contributed by atoms with Crippen LogP contribution in [0.25, 0.3) is 0 Å². The average molecular weight is 471 g/mol. The van der Waals surface area contributed by atoms with E-state index in [4.69, 9.17) is 14.2 Å². The lowest BCUT2D eigenvalue weighted by Crippen LogP contribution is -2.46. The summed E-state index contributed by atoms with van der Waals surface area (Å²) in [5, 5.41) is 0. The summed E-state index contributed by atoms with van der Waals surface area (Å²) in [4.78, 5) is 17.6. The maximum absolute atomic E-state index is 12.7. The van der Waals surface area contributed by atoms with Crippen LogP contribution in [0.15, 0.2) is 42.5 Å². The first-order valence-electron chi connectivity index (χ1n) is 9.96. The highest BCUT2D eigenvalue weighted by Gasteiger charge is 2.20. The summed E-state index contributed by atoms with van der Waals surface area (Å²) in [6.45, 7) is 5.75. The van der Waals surface area contributed by atoms with Gasteiger partial charge >= 0.3 is 0 Å². The Hall–Kier alpha value is -1.99. The van der Waals surface area contributed by atoms with Crippen molar-refractivity contribution in [3.63, 3.8) is 0 Å². The highest BCUT2D eigenvalue weighted by atomic mass is 35.5. The van der Waals surface area contributed by atoms with Crippen molar-refractivity contribution in [2.24, 2.45) is 0 Å². The van der Waals surface area contributed by atoms with Crippen molar-refractivity contribution in [2.45, 2.75) is 13.0 Å². The van der Waals surface area contributed by atoms with Gasteiger partial charge in [-0.25, -0.2) is 0 Å². The third-order valence-corrected chi connectivity index (χ3v) is 5.36. The minimum Gasteiger partial charge on any atom is -0.493 e. The van der Waals surface area contributed by atoms with Crippen LogP contribution in [-0.4, -0.2) is 69.6 Å². The molecule has 0 aromatic heterocycles. The fourth-order valence-electron chi connectivity index (χ4n) is 3.66. The second kappa shape index (κ2) is 13.4. The zero-order chi connectivity index (χ0) is 20.6. The molecule has 0 aliphatic carbocycles. The molecule has 2 aromatic rings. The van der Waals surface area contributed by atoms with Crippen molar-refractivity contribution in [3.8, 4) is 17.2 Å². The van der Waals surface area contributed by atoms with Gasteiger partial charge in [-0.15, -0.1) is 24.8 Å². The Morgan fingerprint density at radius 2 is 1.39 bits per heavy atom. The molecule has 0 bridgehead atoms. The van der Waals surface area contributed by atoms with Gasteiger partial charge in [-0.05, 0) is 17.7 Å². The zero-order valence-electron chi connectivity index (χ0n) is 18.3. The molecule has 8 heteroatoms. The number of benzene rings is 2. The minimum atomic E-state index is 0. The van der Waals surface area contributed by atoms with Gasteiger partial charge in [0, 0.05) is 51.3 Å². The number of Topliss-reactive ketones (excluding diaryl/α,β-unsaturated/α-hetero) is 1. The van der Waals surface area contributed by atoms with Gasteiger partial charge in [0.05, 0.1) is 21.3 Å². The molecule has 0 spiro atoms. The molecule has 2 aromatic carbocycles. The number of rotatable bonds is 9. The third kappa shape index (κ3) is 7.28. The Labute approximate surface area is 197 Å². The number of nitrogens with zero attached hydrogens (tertiary/aromatic N) is 2. The Morgan fingerprint density at radius 1 is 0.839 bits per heavy atom. The van der Waals surface area contributed by atoms with Crippen LogP contribution in [-0.2, 0) is 6.54 Å². The van der Waals surface area contributed by atoms with E-state index < -0.39 is 0 Å². The molecule has 0 saturated carbocycles. The molecule has 1 saturated heterocycles. The van der Waals surface area contributed by atoms with Crippen LogP contribution < -0.4 is 14.2 Å². The normalized spacial score (nSPS) is 14.2.